The summed E-state index contributed by atoms with van der Waals surface area (Å²) >= 11 is 0. The molecule has 0 bridgehead atoms. The summed E-state index contributed by atoms with van der Waals surface area (Å²) in [6, 6.07) is 0. The van der Waals surface area contributed by atoms with E-state index in [0.717, 1.165) is 0 Å². The lowest BCUT2D eigenvalue weighted by Crippen LogP contribution is -2.38. The Kier molecular flexibility index (Phi) is 3.46. The molecular formula is C7H15NO4S. The van der Waals surface area contributed by atoms with Crippen LogP contribution in [0, 0.1) is 0 Å². The summed E-state index contributed by atoms with van der Waals surface area (Å²) in [5, 5.41) is 3.46. The van der Waals surface area contributed by atoms with Gasteiger partial charge in [0.25, 0.3) is 0 Å². The molecule has 0 aliphatic rings. The summed E-state index contributed by atoms with van der Waals surface area (Å²) in [5.41, 5.74) is -0.698. The van der Waals surface area contributed by atoms with Crippen molar-refractivity contribution in [3.05, 3.63) is 0 Å². The average Bonchev–Trinajstić information content (AvgIpc) is 1.79. The van der Waals surface area contributed by atoms with E-state index in [1.165, 1.54) is 6.92 Å². The lowest BCUT2D eigenvalue weighted by molar-refractivity contribution is -0.153. The van der Waals surface area contributed by atoms with Gasteiger partial charge in [0.1, 0.15) is 5.60 Å². The van der Waals surface area contributed by atoms with Crippen LogP contribution in [0.4, 0.5) is 0 Å². The van der Waals surface area contributed by atoms with Crippen LogP contribution in [0.15, 0.2) is 0 Å². The first-order valence-corrected chi connectivity index (χ1v) is 5.39. The van der Waals surface area contributed by atoms with E-state index in [4.69, 9.17) is 9.88 Å². The van der Waals surface area contributed by atoms with E-state index < -0.39 is 26.8 Å². The van der Waals surface area contributed by atoms with Crippen molar-refractivity contribution in [1.82, 2.24) is 0 Å². The Labute approximate surface area is 78.3 Å². The van der Waals surface area contributed by atoms with Gasteiger partial charge < -0.3 is 4.74 Å². The SMILES string of the molecule is CC(C(=O)OC(C)(C)C)S(N)(=O)=O. The fourth-order valence-corrected chi connectivity index (χ4v) is 0.835. The van der Waals surface area contributed by atoms with Gasteiger partial charge in [-0.05, 0) is 27.7 Å². The highest BCUT2D eigenvalue weighted by Crippen LogP contribution is 2.10. The molecule has 0 aromatic carbocycles. The fraction of sp³-hybridized carbons (Fsp3) is 0.857. The number of nitrogens with two attached hydrogens (primary N) is 1. The molecule has 0 saturated carbocycles. The van der Waals surface area contributed by atoms with Crippen molar-refractivity contribution in [2.75, 3.05) is 0 Å². The predicted molar refractivity (Wildman–Crippen MR) is 48.4 cm³/mol. The maximum absolute atomic E-state index is 11.1. The lowest BCUT2D eigenvalue weighted by Gasteiger charge is -2.21. The molecule has 0 heterocycles. The molecule has 0 saturated heterocycles. The van der Waals surface area contributed by atoms with Gasteiger partial charge in [-0.2, -0.15) is 0 Å². The van der Waals surface area contributed by atoms with Gasteiger partial charge in [0.05, 0.1) is 0 Å². The normalized spacial score (nSPS) is 15.2. The van der Waals surface area contributed by atoms with E-state index >= 15 is 0 Å². The zero-order valence-corrected chi connectivity index (χ0v) is 9.01. The minimum Gasteiger partial charge on any atom is -0.459 e. The summed E-state index contributed by atoms with van der Waals surface area (Å²) < 4.78 is 26.3. The van der Waals surface area contributed by atoms with Crippen LogP contribution in [0.1, 0.15) is 27.7 Å². The smallest absolute Gasteiger partial charge is 0.325 e. The van der Waals surface area contributed by atoms with E-state index in [0.29, 0.717) is 0 Å². The molecule has 0 spiro atoms. The molecule has 0 amide bonds. The molecule has 5 nitrogen and oxygen atoms in total. The summed E-state index contributed by atoms with van der Waals surface area (Å²) in [7, 11) is -3.85. The molecule has 78 valence electrons. The highest BCUT2D eigenvalue weighted by molar-refractivity contribution is 7.90. The van der Waals surface area contributed by atoms with Crippen LogP contribution in [0.3, 0.4) is 0 Å². The van der Waals surface area contributed by atoms with Gasteiger partial charge in [0.2, 0.25) is 10.0 Å². The molecule has 0 aromatic heterocycles. The van der Waals surface area contributed by atoms with Gasteiger partial charge in [-0.3, -0.25) is 4.79 Å². The van der Waals surface area contributed by atoms with Gasteiger partial charge >= 0.3 is 5.97 Å². The van der Waals surface area contributed by atoms with Crippen molar-refractivity contribution >= 4 is 16.0 Å². The Bertz CT molecular complexity index is 288. The van der Waals surface area contributed by atoms with Crippen LogP contribution in [-0.2, 0) is 19.6 Å². The third kappa shape index (κ3) is 4.84. The van der Waals surface area contributed by atoms with E-state index in [9.17, 15) is 13.2 Å². The highest BCUT2D eigenvalue weighted by Gasteiger charge is 2.29. The minimum atomic E-state index is -3.85. The molecule has 0 fully saturated rings. The molecule has 13 heavy (non-hydrogen) atoms. The Morgan fingerprint density at radius 2 is 1.77 bits per heavy atom. The maximum atomic E-state index is 11.1. The second-order valence-corrected chi connectivity index (χ2v) is 5.65. The number of esters is 1. The quantitative estimate of drug-likeness (QED) is 0.649. The Hall–Kier alpha value is -0.620. The first-order chi connectivity index (χ1) is 5.54. The van der Waals surface area contributed by atoms with E-state index in [1.807, 2.05) is 0 Å². The van der Waals surface area contributed by atoms with Crippen molar-refractivity contribution in [3.63, 3.8) is 0 Å². The number of hydrogen-bond acceptors (Lipinski definition) is 4. The lowest BCUT2D eigenvalue weighted by atomic mass is 10.2. The molecule has 2 N–H and O–H groups in total. The summed E-state index contributed by atoms with van der Waals surface area (Å²) in [4.78, 5) is 11.1. The number of hydrogen-bond donors (Lipinski definition) is 1. The first kappa shape index (κ1) is 12.4. The zero-order chi connectivity index (χ0) is 10.9. The average molecular weight is 209 g/mol. The van der Waals surface area contributed by atoms with Crippen LogP contribution in [0.5, 0.6) is 0 Å². The van der Waals surface area contributed by atoms with Gasteiger partial charge in [-0.15, -0.1) is 0 Å². The number of rotatable bonds is 2. The van der Waals surface area contributed by atoms with Crippen molar-refractivity contribution in [3.8, 4) is 0 Å². The number of ether oxygens (including phenoxy) is 1. The molecule has 0 radical (unpaired) electrons. The maximum Gasteiger partial charge on any atom is 0.325 e. The Morgan fingerprint density at radius 3 is 2.00 bits per heavy atom. The van der Waals surface area contributed by atoms with Gasteiger partial charge in [0, 0.05) is 0 Å². The topological polar surface area (TPSA) is 86.5 Å². The van der Waals surface area contributed by atoms with Gasteiger partial charge in [-0.1, -0.05) is 0 Å². The number of carbonyl (C=O) groups is 1. The van der Waals surface area contributed by atoms with Gasteiger partial charge in [0.15, 0.2) is 5.25 Å². The van der Waals surface area contributed by atoms with Crippen LogP contribution in [0.25, 0.3) is 0 Å². The van der Waals surface area contributed by atoms with Crippen LogP contribution in [-0.4, -0.2) is 25.2 Å². The summed E-state index contributed by atoms with van der Waals surface area (Å²) in [6.45, 7) is 6.16. The van der Waals surface area contributed by atoms with Crippen molar-refractivity contribution < 1.29 is 17.9 Å². The molecule has 1 atom stereocenters. The highest BCUT2D eigenvalue weighted by atomic mass is 32.2. The standard InChI is InChI=1S/C7H15NO4S/c1-5(13(8,10)11)6(9)12-7(2,3)4/h5H,1-4H3,(H2,8,10,11). The molecule has 0 aromatic rings. The molecule has 0 aliphatic heterocycles. The van der Waals surface area contributed by atoms with Crippen LogP contribution < -0.4 is 5.14 Å². The van der Waals surface area contributed by atoms with Crippen molar-refractivity contribution in [1.29, 1.82) is 0 Å². The van der Waals surface area contributed by atoms with Crippen LogP contribution >= 0.6 is 0 Å². The second-order valence-electron chi connectivity index (χ2n) is 3.76. The number of primary sulfonamides is 1. The van der Waals surface area contributed by atoms with Crippen molar-refractivity contribution in [2.24, 2.45) is 5.14 Å². The summed E-state index contributed by atoms with van der Waals surface area (Å²) in [5.74, 6) is -0.824. The zero-order valence-electron chi connectivity index (χ0n) is 8.20. The van der Waals surface area contributed by atoms with Crippen molar-refractivity contribution in [2.45, 2.75) is 38.5 Å². The second kappa shape index (κ2) is 3.63. The summed E-state index contributed by atoms with van der Waals surface area (Å²) in [6.07, 6.45) is 0. The van der Waals surface area contributed by atoms with E-state index in [-0.39, 0.29) is 0 Å². The fourth-order valence-electron chi connectivity index (χ4n) is 0.519. The van der Waals surface area contributed by atoms with Gasteiger partial charge in [-0.25, -0.2) is 13.6 Å². The molecule has 1 unspecified atom stereocenters. The Morgan fingerprint density at radius 1 is 1.38 bits per heavy atom. The first-order valence-electron chi connectivity index (χ1n) is 3.78. The third-order valence-corrected chi connectivity index (χ3v) is 2.41. The monoisotopic (exact) mass is 209 g/mol. The molecule has 0 aliphatic carbocycles. The number of carbonyl (C=O) groups excluding carboxylic acids is 1. The van der Waals surface area contributed by atoms with Crippen LogP contribution in [0.2, 0.25) is 0 Å². The van der Waals surface area contributed by atoms with E-state index in [2.05, 4.69) is 0 Å². The molecule has 0 rings (SSSR count). The minimum absolute atomic E-state index is 0.698. The van der Waals surface area contributed by atoms with E-state index in [1.54, 1.807) is 20.8 Å². The molecule has 6 heteroatoms. The largest absolute Gasteiger partial charge is 0.459 e. The molecular weight excluding hydrogens is 194 g/mol. The number of sulfonamides is 1. The predicted octanol–water partition coefficient (Wildman–Crippen LogP) is 0.00510. The third-order valence-electron chi connectivity index (χ3n) is 1.23. The Balaban J connectivity index is 4.48.